The number of carbonyl (C=O) groups is 1. The fraction of sp³-hybridized carbons (Fsp3) is 0.500. The molecule has 0 aromatic heterocycles. The lowest BCUT2D eigenvalue weighted by atomic mass is 10.1. The summed E-state index contributed by atoms with van der Waals surface area (Å²) in [5, 5.41) is 6.30. The van der Waals surface area contributed by atoms with Crippen LogP contribution in [-0.4, -0.2) is 39.3 Å². The summed E-state index contributed by atoms with van der Waals surface area (Å²) in [5.41, 5.74) is 0.507. The summed E-state index contributed by atoms with van der Waals surface area (Å²) in [5.74, 6) is 0.924. The number of methoxy groups -OCH3 is 2. The van der Waals surface area contributed by atoms with Gasteiger partial charge in [0.15, 0.2) is 11.5 Å². The maximum absolute atomic E-state index is 12.3. The second kappa shape index (κ2) is 7.97. The number of benzene rings is 1. The Balaban J connectivity index is 0.00000200. The van der Waals surface area contributed by atoms with E-state index in [0.29, 0.717) is 17.1 Å². The number of piperidine rings is 1. The summed E-state index contributed by atoms with van der Waals surface area (Å²) in [6.45, 7) is 1.84. The van der Waals surface area contributed by atoms with Crippen LogP contribution in [0.1, 0.15) is 23.2 Å². The topological polar surface area (TPSA) is 59.6 Å². The quantitative estimate of drug-likeness (QED) is 0.887. The molecule has 1 amide bonds. The molecule has 2 rings (SSSR count). The van der Waals surface area contributed by atoms with Crippen molar-refractivity contribution in [2.24, 2.45) is 0 Å². The van der Waals surface area contributed by atoms with Crippen molar-refractivity contribution in [3.8, 4) is 11.5 Å². The molecule has 2 N–H and O–H groups in total. The number of carbonyl (C=O) groups excluding carboxylic acids is 1. The van der Waals surface area contributed by atoms with Crippen LogP contribution in [0, 0.1) is 0 Å². The zero-order valence-corrected chi connectivity index (χ0v) is 12.6. The molecule has 1 aliphatic rings. The first kappa shape index (κ1) is 16.6. The largest absolute Gasteiger partial charge is 0.493 e. The van der Waals surface area contributed by atoms with E-state index in [9.17, 15) is 4.79 Å². The Bertz CT molecular complexity index is 448. The first-order valence-electron chi connectivity index (χ1n) is 6.49. The molecule has 0 spiro atoms. The highest BCUT2D eigenvalue weighted by Crippen LogP contribution is 2.30. The van der Waals surface area contributed by atoms with Crippen LogP contribution < -0.4 is 20.1 Å². The van der Waals surface area contributed by atoms with Crippen LogP contribution in [0.4, 0.5) is 0 Å². The van der Waals surface area contributed by atoms with Gasteiger partial charge in [0.2, 0.25) is 0 Å². The van der Waals surface area contributed by atoms with Gasteiger partial charge < -0.3 is 20.1 Å². The molecule has 1 saturated heterocycles. The van der Waals surface area contributed by atoms with Gasteiger partial charge in [0, 0.05) is 12.6 Å². The molecule has 6 heteroatoms. The number of halogens is 1. The molecule has 1 fully saturated rings. The summed E-state index contributed by atoms with van der Waals surface area (Å²) in [7, 11) is 3.10. The summed E-state index contributed by atoms with van der Waals surface area (Å²) in [4.78, 5) is 12.3. The van der Waals surface area contributed by atoms with Crippen LogP contribution in [0.25, 0.3) is 0 Å². The van der Waals surface area contributed by atoms with Gasteiger partial charge in [0.1, 0.15) is 0 Å². The van der Waals surface area contributed by atoms with Gasteiger partial charge in [0.25, 0.3) is 5.91 Å². The average molecular weight is 301 g/mol. The van der Waals surface area contributed by atoms with Crippen LogP contribution in [0.5, 0.6) is 11.5 Å². The zero-order valence-electron chi connectivity index (χ0n) is 11.8. The smallest absolute Gasteiger partial charge is 0.255 e. The van der Waals surface area contributed by atoms with Gasteiger partial charge in [-0.25, -0.2) is 0 Å². The van der Waals surface area contributed by atoms with E-state index in [0.717, 1.165) is 25.9 Å². The number of hydrogen-bond acceptors (Lipinski definition) is 4. The van der Waals surface area contributed by atoms with Gasteiger partial charge in [-0.2, -0.15) is 0 Å². The molecule has 0 radical (unpaired) electrons. The Labute approximate surface area is 125 Å². The highest BCUT2D eigenvalue weighted by Gasteiger charge is 2.20. The summed E-state index contributed by atoms with van der Waals surface area (Å²) >= 11 is 0. The van der Waals surface area contributed by atoms with E-state index in [1.54, 1.807) is 25.3 Å². The Morgan fingerprint density at radius 2 is 2.15 bits per heavy atom. The van der Waals surface area contributed by atoms with Crippen LogP contribution in [0.15, 0.2) is 18.2 Å². The fourth-order valence-corrected chi connectivity index (χ4v) is 2.30. The van der Waals surface area contributed by atoms with Gasteiger partial charge in [-0.15, -0.1) is 12.4 Å². The Kier molecular flexibility index (Phi) is 6.61. The lowest BCUT2D eigenvalue weighted by Crippen LogP contribution is -2.45. The molecule has 1 aliphatic heterocycles. The fourth-order valence-electron chi connectivity index (χ4n) is 2.30. The van der Waals surface area contributed by atoms with Crippen molar-refractivity contribution in [3.05, 3.63) is 23.8 Å². The van der Waals surface area contributed by atoms with Crippen molar-refractivity contribution < 1.29 is 14.3 Å². The minimum Gasteiger partial charge on any atom is -0.493 e. The number of para-hydroxylation sites is 1. The van der Waals surface area contributed by atoms with E-state index in [1.807, 2.05) is 0 Å². The van der Waals surface area contributed by atoms with Gasteiger partial charge in [-0.1, -0.05) is 6.07 Å². The van der Waals surface area contributed by atoms with E-state index < -0.39 is 0 Å². The summed E-state index contributed by atoms with van der Waals surface area (Å²) < 4.78 is 10.5. The minimum atomic E-state index is -0.121. The van der Waals surface area contributed by atoms with Crippen molar-refractivity contribution in [1.82, 2.24) is 10.6 Å². The first-order valence-corrected chi connectivity index (χ1v) is 6.49. The van der Waals surface area contributed by atoms with E-state index in [-0.39, 0.29) is 24.4 Å². The molecule has 112 valence electrons. The zero-order chi connectivity index (χ0) is 13.7. The number of nitrogens with one attached hydrogen (secondary N) is 2. The van der Waals surface area contributed by atoms with E-state index in [4.69, 9.17) is 9.47 Å². The van der Waals surface area contributed by atoms with Crippen molar-refractivity contribution >= 4 is 18.3 Å². The third-order valence-corrected chi connectivity index (χ3v) is 3.28. The number of hydrogen-bond donors (Lipinski definition) is 2. The lowest BCUT2D eigenvalue weighted by Gasteiger charge is -2.24. The maximum atomic E-state index is 12.3. The van der Waals surface area contributed by atoms with Crippen LogP contribution >= 0.6 is 12.4 Å². The molecular formula is C14H21ClN2O3. The van der Waals surface area contributed by atoms with Gasteiger partial charge in [0.05, 0.1) is 19.8 Å². The molecule has 0 aliphatic carbocycles. The van der Waals surface area contributed by atoms with Crippen molar-refractivity contribution in [1.29, 1.82) is 0 Å². The molecule has 0 saturated carbocycles. The van der Waals surface area contributed by atoms with Gasteiger partial charge >= 0.3 is 0 Å². The molecule has 1 aromatic carbocycles. The number of rotatable bonds is 4. The van der Waals surface area contributed by atoms with Crippen molar-refractivity contribution in [3.63, 3.8) is 0 Å². The number of amides is 1. The Morgan fingerprint density at radius 1 is 1.35 bits per heavy atom. The predicted octanol–water partition coefficient (Wildman–Crippen LogP) is 1.61. The van der Waals surface area contributed by atoms with Crippen molar-refractivity contribution in [2.45, 2.75) is 18.9 Å². The molecule has 20 heavy (non-hydrogen) atoms. The van der Waals surface area contributed by atoms with Crippen LogP contribution in [-0.2, 0) is 0 Å². The highest BCUT2D eigenvalue weighted by molar-refractivity contribution is 5.98. The van der Waals surface area contributed by atoms with Gasteiger partial charge in [-0.05, 0) is 31.5 Å². The highest BCUT2D eigenvalue weighted by atomic mass is 35.5. The van der Waals surface area contributed by atoms with E-state index >= 15 is 0 Å². The minimum absolute atomic E-state index is 0. The maximum Gasteiger partial charge on any atom is 0.255 e. The average Bonchev–Trinajstić information content (AvgIpc) is 2.47. The first-order chi connectivity index (χ1) is 9.26. The van der Waals surface area contributed by atoms with Crippen molar-refractivity contribution in [2.75, 3.05) is 27.3 Å². The normalized spacial score (nSPS) is 17.8. The third-order valence-electron chi connectivity index (χ3n) is 3.28. The summed E-state index contributed by atoms with van der Waals surface area (Å²) in [6, 6.07) is 5.48. The van der Waals surface area contributed by atoms with Crippen LogP contribution in [0.2, 0.25) is 0 Å². The second-order valence-electron chi connectivity index (χ2n) is 4.56. The molecule has 5 nitrogen and oxygen atoms in total. The number of ether oxygens (including phenoxy) is 2. The molecule has 0 bridgehead atoms. The molecular weight excluding hydrogens is 280 g/mol. The second-order valence-corrected chi connectivity index (χ2v) is 4.56. The Morgan fingerprint density at radius 3 is 2.75 bits per heavy atom. The molecule has 0 unspecified atom stereocenters. The monoisotopic (exact) mass is 300 g/mol. The Hall–Kier alpha value is -1.46. The van der Waals surface area contributed by atoms with E-state index in [2.05, 4.69) is 10.6 Å². The van der Waals surface area contributed by atoms with Crippen LogP contribution in [0.3, 0.4) is 0 Å². The molecule has 1 atom stereocenters. The summed E-state index contributed by atoms with van der Waals surface area (Å²) in [6.07, 6.45) is 2.09. The lowest BCUT2D eigenvalue weighted by molar-refractivity contribution is 0.0927. The SMILES string of the molecule is COc1cccc(C(=O)N[C@@H]2CCCNC2)c1OC.Cl. The molecule has 1 aromatic rings. The predicted molar refractivity (Wildman–Crippen MR) is 80.2 cm³/mol. The standard InChI is InChI=1S/C14H20N2O3.ClH/c1-18-12-7-3-6-11(13(12)19-2)14(17)16-10-5-4-8-15-9-10;/h3,6-7,10,15H,4-5,8-9H2,1-2H3,(H,16,17);1H/t10-;/m1./s1. The molecule has 1 heterocycles. The van der Waals surface area contributed by atoms with E-state index in [1.165, 1.54) is 7.11 Å². The van der Waals surface area contributed by atoms with Gasteiger partial charge in [-0.3, -0.25) is 4.79 Å². The third kappa shape index (κ3) is 3.77.